The summed E-state index contributed by atoms with van der Waals surface area (Å²) >= 11 is 1.54. The van der Waals surface area contributed by atoms with Crippen molar-refractivity contribution in [2.24, 2.45) is 5.92 Å². The van der Waals surface area contributed by atoms with Gasteiger partial charge in [0.25, 0.3) is 0 Å². The number of allylic oxidation sites excluding steroid dienone is 2. The summed E-state index contributed by atoms with van der Waals surface area (Å²) in [7, 11) is 2.54. The van der Waals surface area contributed by atoms with Gasteiger partial charge in [0, 0.05) is 0 Å². The van der Waals surface area contributed by atoms with Crippen LogP contribution in [-0.4, -0.2) is 31.9 Å². The maximum atomic E-state index is 11.8. The lowest BCUT2D eigenvalue weighted by Crippen LogP contribution is -2.27. The van der Waals surface area contributed by atoms with E-state index >= 15 is 0 Å². The zero-order chi connectivity index (χ0) is 15.4. The number of carbonyl (C=O) groups is 2. The Hall–Kier alpha value is -1.23. The van der Waals surface area contributed by atoms with Gasteiger partial charge in [-0.2, -0.15) is 0 Å². The van der Waals surface area contributed by atoms with Crippen molar-refractivity contribution in [3.05, 3.63) is 23.1 Å². The van der Waals surface area contributed by atoms with Crippen molar-refractivity contribution in [1.29, 1.82) is 0 Å². The molecule has 4 nitrogen and oxygen atoms in total. The van der Waals surface area contributed by atoms with Crippen molar-refractivity contribution in [3.63, 3.8) is 0 Å². The molecule has 114 valence electrons. The number of hydrogen-bond acceptors (Lipinski definition) is 5. The second-order valence-corrected chi connectivity index (χ2v) is 5.24. The lowest BCUT2D eigenvalue weighted by Gasteiger charge is -2.13. The molecule has 0 heterocycles. The van der Waals surface area contributed by atoms with Gasteiger partial charge in [0.2, 0.25) is 0 Å². The second-order valence-electron chi connectivity index (χ2n) is 4.10. The number of hydrogen-bond donors (Lipinski definition) is 0. The molecule has 0 aliphatic heterocycles. The smallest absolute Gasteiger partial charge is 0.324 e. The molecular formula is C15H24O4S. The van der Waals surface area contributed by atoms with Crippen molar-refractivity contribution in [1.82, 2.24) is 0 Å². The number of ether oxygens (including phenoxy) is 2. The van der Waals surface area contributed by atoms with Crippen LogP contribution in [0.15, 0.2) is 23.1 Å². The van der Waals surface area contributed by atoms with E-state index in [4.69, 9.17) is 9.47 Å². The van der Waals surface area contributed by atoms with Gasteiger partial charge in [0.05, 0.1) is 14.2 Å². The van der Waals surface area contributed by atoms with E-state index in [1.165, 1.54) is 26.0 Å². The van der Waals surface area contributed by atoms with E-state index in [1.54, 1.807) is 0 Å². The SMILES string of the molecule is CCCC/C=C/C(=C/SCC)C(C(=O)OC)C(=O)OC. The summed E-state index contributed by atoms with van der Waals surface area (Å²) < 4.78 is 9.40. The first-order valence-corrected chi connectivity index (χ1v) is 7.81. The number of unbranched alkanes of at least 4 members (excludes halogenated alkanes) is 2. The van der Waals surface area contributed by atoms with Crippen molar-refractivity contribution in [2.75, 3.05) is 20.0 Å². The van der Waals surface area contributed by atoms with Gasteiger partial charge in [0.15, 0.2) is 5.92 Å². The van der Waals surface area contributed by atoms with Crippen LogP contribution in [-0.2, 0) is 19.1 Å². The Bertz CT molecular complexity index is 345. The highest BCUT2D eigenvalue weighted by Gasteiger charge is 2.31. The average molecular weight is 300 g/mol. The first kappa shape index (κ1) is 18.8. The predicted octanol–water partition coefficient (Wildman–Crippen LogP) is 3.33. The molecule has 0 N–H and O–H groups in total. The van der Waals surface area contributed by atoms with Crippen molar-refractivity contribution in [2.45, 2.75) is 33.1 Å². The molecule has 20 heavy (non-hydrogen) atoms. The molecule has 0 saturated heterocycles. The molecule has 0 fully saturated rings. The van der Waals surface area contributed by atoms with Crippen molar-refractivity contribution < 1.29 is 19.1 Å². The van der Waals surface area contributed by atoms with Crippen molar-refractivity contribution in [3.8, 4) is 0 Å². The maximum Gasteiger partial charge on any atom is 0.324 e. The van der Waals surface area contributed by atoms with Crippen molar-refractivity contribution >= 4 is 23.7 Å². The normalized spacial score (nSPS) is 11.9. The Morgan fingerprint density at radius 2 is 1.75 bits per heavy atom. The van der Waals surface area contributed by atoms with E-state index in [9.17, 15) is 9.59 Å². The Morgan fingerprint density at radius 1 is 1.15 bits per heavy atom. The number of thioether (sulfide) groups is 1. The highest BCUT2D eigenvalue weighted by atomic mass is 32.2. The number of methoxy groups -OCH3 is 2. The minimum absolute atomic E-state index is 0.597. The van der Waals surface area contributed by atoms with E-state index in [-0.39, 0.29) is 0 Å². The molecule has 0 spiro atoms. The third kappa shape index (κ3) is 6.80. The van der Waals surface area contributed by atoms with E-state index < -0.39 is 17.9 Å². The van der Waals surface area contributed by atoms with Gasteiger partial charge >= 0.3 is 11.9 Å². The summed E-state index contributed by atoms with van der Waals surface area (Å²) in [6.45, 7) is 4.12. The first-order valence-electron chi connectivity index (χ1n) is 6.76. The van der Waals surface area contributed by atoms with Gasteiger partial charge in [-0.15, -0.1) is 11.8 Å². The summed E-state index contributed by atoms with van der Waals surface area (Å²) in [6, 6.07) is 0. The molecule has 0 rings (SSSR count). The molecule has 0 radical (unpaired) electrons. The predicted molar refractivity (Wildman–Crippen MR) is 82.4 cm³/mol. The fourth-order valence-corrected chi connectivity index (χ4v) is 2.10. The topological polar surface area (TPSA) is 52.6 Å². The lowest BCUT2D eigenvalue weighted by molar-refractivity contribution is -0.156. The lowest BCUT2D eigenvalue weighted by atomic mass is 10.00. The first-order chi connectivity index (χ1) is 9.62. The number of esters is 2. The Balaban J connectivity index is 5.16. The largest absolute Gasteiger partial charge is 0.468 e. The quantitative estimate of drug-likeness (QED) is 0.283. The van der Waals surface area contributed by atoms with Gasteiger partial charge in [-0.25, -0.2) is 0 Å². The minimum Gasteiger partial charge on any atom is -0.468 e. The third-order valence-corrected chi connectivity index (χ3v) is 3.40. The fraction of sp³-hybridized carbons (Fsp3) is 0.600. The molecule has 0 aromatic heterocycles. The van der Waals surface area contributed by atoms with Crippen LogP contribution in [0, 0.1) is 5.92 Å². The summed E-state index contributed by atoms with van der Waals surface area (Å²) in [5.74, 6) is -1.34. The maximum absolute atomic E-state index is 11.8. The van der Waals surface area contributed by atoms with E-state index in [1.807, 2.05) is 24.5 Å². The Labute approximate surface area is 125 Å². The third-order valence-electron chi connectivity index (χ3n) is 2.63. The molecule has 0 bridgehead atoms. The van der Waals surface area contributed by atoms with Crippen LogP contribution in [0.2, 0.25) is 0 Å². The molecular weight excluding hydrogens is 276 g/mol. The summed E-state index contributed by atoms with van der Waals surface area (Å²) in [5.41, 5.74) is 0.617. The van der Waals surface area contributed by atoms with Crippen LogP contribution in [0.1, 0.15) is 33.1 Å². The standard InChI is InChI=1S/C15H24O4S/c1-5-7-8-9-10-12(11-20-6-2)13(14(16)18-3)15(17)19-4/h9-11,13H,5-8H2,1-4H3/b10-9+,12-11-. The molecule has 0 aromatic rings. The van der Waals surface area contributed by atoms with Gasteiger partial charge in [-0.05, 0) is 23.2 Å². The summed E-state index contributed by atoms with van der Waals surface area (Å²) in [5, 5.41) is 1.82. The molecule has 0 aliphatic rings. The van der Waals surface area contributed by atoms with E-state index in [0.717, 1.165) is 25.0 Å². The summed E-state index contributed by atoms with van der Waals surface area (Å²) in [4.78, 5) is 23.6. The van der Waals surface area contributed by atoms with Gasteiger partial charge < -0.3 is 9.47 Å². The van der Waals surface area contributed by atoms with Crippen LogP contribution >= 0.6 is 11.8 Å². The van der Waals surface area contributed by atoms with Gasteiger partial charge in [0.1, 0.15) is 0 Å². The van der Waals surface area contributed by atoms with E-state index in [2.05, 4.69) is 6.92 Å². The molecule has 0 amide bonds. The Kier molecular flexibility index (Phi) is 10.9. The molecule has 0 saturated carbocycles. The highest BCUT2D eigenvalue weighted by molar-refractivity contribution is 8.02. The minimum atomic E-state index is -1.01. The molecule has 0 atom stereocenters. The van der Waals surface area contributed by atoms with Crippen LogP contribution in [0.25, 0.3) is 0 Å². The zero-order valence-corrected chi connectivity index (χ0v) is 13.5. The molecule has 0 aliphatic carbocycles. The summed E-state index contributed by atoms with van der Waals surface area (Å²) in [6.07, 6.45) is 6.89. The van der Waals surface area contributed by atoms with Crippen LogP contribution in [0.3, 0.4) is 0 Å². The van der Waals surface area contributed by atoms with E-state index in [0.29, 0.717) is 5.57 Å². The molecule has 0 aromatic carbocycles. The van der Waals surface area contributed by atoms with Gasteiger partial charge in [-0.1, -0.05) is 38.8 Å². The highest BCUT2D eigenvalue weighted by Crippen LogP contribution is 2.21. The van der Waals surface area contributed by atoms with Crippen LogP contribution < -0.4 is 0 Å². The van der Waals surface area contributed by atoms with Crippen LogP contribution in [0.4, 0.5) is 0 Å². The molecule has 0 unspecified atom stereocenters. The number of carbonyl (C=O) groups excluding carboxylic acids is 2. The monoisotopic (exact) mass is 300 g/mol. The fourth-order valence-electron chi connectivity index (χ4n) is 1.53. The van der Waals surface area contributed by atoms with Crippen LogP contribution in [0.5, 0.6) is 0 Å². The Morgan fingerprint density at radius 3 is 2.20 bits per heavy atom. The second kappa shape index (κ2) is 11.6. The average Bonchev–Trinajstić information content (AvgIpc) is 2.47. The molecule has 5 heteroatoms. The zero-order valence-electron chi connectivity index (χ0n) is 12.7. The van der Waals surface area contributed by atoms with Gasteiger partial charge in [-0.3, -0.25) is 9.59 Å². The number of rotatable bonds is 9.